The zero-order chi connectivity index (χ0) is 39.1. The lowest BCUT2D eigenvalue weighted by atomic mass is 9.82. The quantitative estimate of drug-likeness (QED) is 0.0538. The largest absolute Gasteiger partial charge is 0.462 e. The van der Waals surface area contributed by atoms with Gasteiger partial charge in [0, 0.05) is 12.8 Å². The first kappa shape index (κ1) is 46.6. The molecule has 5 unspecified atom stereocenters. The standard InChI is InChI=1S/C50H91NO4/c1-5-7-9-11-13-25-47(26-14-12-10-8-6-2)54-49(52)33-29-40(20-19-35-51(3)4)30-34-50(53)55-48(31-27-41-36-43-21-15-16-22-44(43)37-41)32-28-42-38-45-23-17-18-24-46(45)39-42/h40-48H,5-39H2,1-4H3. The maximum Gasteiger partial charge on any atom is 0.306 e. The van der Waals surface area contributed by atoms with E-state index in [1.807, 2.05) is 0 Å². The van der Waals surface area contributed by atoms with Gasteiger partial charge in [0.15, 0.2) is 0 Å². The second kappa shape index (κ2) is 27.6. The molecule has 0 bridgehead atoms. The van der Waals surface area contributed by atoms with Gasteiger partial charge in [-0.3, -0.25) is 9.59 Å². The number of carbonyl (C=O) groups excluding carboxylic acids is 2. The average Bonchev–Trinajstić information content (AvgIpc) is 3.80. The van der Waals surface area contributed by atoms with Crippen molar-refractivity contribution in [3.05, 3.63) is 0 Å². The van der Waals surface area contributed by atoms with E-state index in [1.165, 1.54) is 141 Å². The predicted octanol–water partition coefficient (Wildman–Crippen LogP) is 14.0. The van der Waals surface area contributed by atoms with Gasteiger partial charge in [-0.05, 0) is 165 Å². The van der Waals surface area contributed by atoms with E-state index in [4.69, 9.17) is 9.47 Å². The van der Waals surface area contributed by atoms with Gasteiger partial charge in [-0.1, -0.05) is 117 Å². The highest BCUT2D eigenvalue weighted by Gasteiger charge is 2.37. The first-order valence-electron chi connectivity index (χ1n) is 24.9. The van der Waals surface area contributed by atoms with Crippen LogP contribution in [0.15, 0.2) is 0 Å². The molecular weight excluding hydrogens is 679 g/mol. The highest BCUT2D eigenvalue weighted by atomic mass is 16.5. The topological polar surface area (TPSA) is 55.8 Å². The van der Waals surface area contributed by atoms with Crippen molar-refractivity contribution >= 4 is 11.9 Å². The Hall–Kier alpha value is -1.10. The summed E-state index contributed by atoms with van der Waals surface area (Å²) in [5, 5.41) is 0. The molecule has 4 rings (SSSR count). The van der Waals surface area contributed by atoms with Crippen LogP contribution in [0, 0.1) is 41.4 Å². The van der Waals surface area contributed by atoms with Gasteiger partial charge in [-0.25, -0.2) is 0 Å². The monoisotopic (exact) mass is 770 g/mol. The van der Waals surface area contributed by atoms with Crippen molar-refractivity contribution in [2.24, 2.45) is 41.4 Å². The van der Waals surface area contributed by atoms with Gasteiger partial charge in [0.25, 0.3) is 0 Å². The molecule has 5 heteroatoms. The molecule has 0 aromatic heterocycles. The fourth-order valence-electron chi connectivity index (χ4n) is 11.8. The summed E-state index contributed by atoms with van der Waals surface area (Å²) in [5.41, 5.74) is 0. The maximum absolute atomic E-state index is 13.6. The minimum absolute atomic E-state index is 0.0107. The zero-order valence-corrected chi connectivity index (χ0v) is 37.0. The van der Waals surface area contributed by atoms with Crippen molar-refractivity contribution in [1.29, 1.82) is 0 Å². The van der Waals surface area contributed by atoms with Crippen molar-refractivity contribution < 1.29 is 19.1 Å². The average molecular weight is 770 g/mol. The molecule has 0 aliphatic heterocycles. The molecule has 0 amide bonds. The van der Waals surface area contributed by atoms with Crippen LogP contribution < -0.4 is 0 Å². The Morgan fingerprint density at radius 3 is 1.31 bits per heavy atom. The zero-order valence-electron chi connectivity index (χ0n) is 37.0. The highest BCUT2D eigenvalue weighted by Crippen LogP contribution is 2.48. The van der Waals surface area contributed by atoms with E-state index in [0.717, 1.165) is 106 Å². The van der Waals surface area contributed by atoms with E-state index in [2.05, 4.69) is 32.8 Å². The number of rotatable bonds is 30. The second-order valence-corrected chi connectivity index (χ2v) is 20.0. The third kappa shape index (κ3) is 19.0. The minimum atomic E-state index is -0.0223. The van der Waals surface area contributed by atoms with Gasteiger partial charge in [-0.2, -0.15) is 0 Å². The van der Waals surface area contributed by atoms with Crippen molar-refractivity contribution in [2.75, 3.05) is 20.6 Å². The van der Waals surface area contributed by atoms with E-state index < -0.39 is 0 Å². The van der Waals surface area contributed by atoms with E-state index in [9.17, 15) is 9.59 Å². The lowest BCUT2D eigenvalue weighted by Crippen LogP contribution is -2.22. The van der Waals surface area contributed by atoms with Crippen LogP contribution in [-0.2, 0) is 19.1 Å². The van der Waals surface area contributed by atoms with Crippen LogP contribution in [0.2, 0.25) is 0 Å². The van der Waals surface area contributed by atoms with Crippen molar-refractivity contribution in [3.63, 3.8) is 0 Å². The van der Waals surface area contributed by atoms with E-state index in [1.54, 1.807) is 0 Å². The number of unbranched alkanes of at least 4 members (excludes halogenated alkanes) is 8. The number of hydrogen-bond acceptors (Lipinski definition) is 5. The molecule has 4 fully saturated rings. The Morgan fingerprint density at radius 1 is 0.509 bits per heavy atom. The third-order valence-corrected chi connectivity index (χ3v) is 15.1. The van der Waals surface area contributed by atoms with Gasteiger partial charge >= 0.3 is 11.9 Å². The fraction of sp³-hybridized carbons (Fsp3) is 0.960. The van der Waals surface area contributed by atoms with Crippen LogP contribution >= 0.6 is 0 Å². The third-order valence-electron chi connectivity index (χ3n) is 15.1. The molecule has 5 atom stereocenters. The van der Waals surface area contributed by atoms with Gasteiger partial charge < -0.3 is 14.4 Å². The number of fused-ring (bicyclic) bond motifs is 2. The summed E-state index contributed by atoms with van der Waals surface area (Å²) in [6, 6.07) is 0. The highest BCUT2D eigenvalue weighted by molar-refractivity contribution is 5.70. The molecule has 0 saturated heterocycles. The van der Waals surface area contributed by atoms with E-state index >= 15 is 0 Å². The molecular formula is C50H91NO4. The lowest BCUT2D eigenvalue weighted by molar-refractivity contribution is -0.150. The van der Waals surface area contributed by atoms with Crippen LogP contribution in [0.3, 0.4) is 0 Å². The van der Waals surface area contributed by atoms with Crippen LogP contribution in [0.25, 0.3) is 0 Å². The summed E-state index contributed by atoms with van der Waals surface area (Å²) in [7, 11) is 4.26. The molecule has 0 aromatic carbocycles. The first-order valence-corrected chi connectivity index (χ1v) is 24.9. The summed E-state index contributed by atoms with van der Waals surface area (Å²) in [4.78, 5) is 29.2. The first-order chi connectivity index (χ1) is 26.8. The summed E-state index contributed by atoms with van der Waals surface area (Å²) in [6.07, 6.45) is 41.3. The SMILES string of the molecule is CCCCCCCC(CCCCCCC)OC(=O)CCC(CCCN(C)C)CCC(=O)OC(CCC1CC2CCCCC2C1)CCC1CC2CCCCC2C1. The molecule has 320 valence electrons. The molecule has 0 heterocycles. The Balaban J connectivity index is 1.26. The Kier molecular flexibility index (Phi) is 23.3. The number of hydrogen-bond donors (Lipinski definition) is 0. The second-order valence-electron chi connectivity index (χ2n) is 20.0. The van der Waals surface area contributed by atoms with Crippen LogP contribution in [0.1, 0.15) is 232 Å². The molecule has 4 aliphatic carbocycles. The summed E-state index contributed by atoms with van der Waals surface area (Å²) >= 11 is 0. The fourth-order valence-corrected chi connectivity index (χ4v) is 11.8. The molecule has 4 saturated carbocycles. The van der Waals surface area contributed by atoms with Gasteiger partial charge in [0.2, 0.25) is 0 Å². The van der Waals surface area contributed by atoms with E-state index in [-0.39, 0.29) is 24.1 Å². The lowest BCUT2D eigenvalue weighted by Gasteiger charge is -2.24. The number of ether oxygens (including phenoxy) is 2. The molecule has 4 aliphatic rings. The Labute approximate surface area is 341 Å². The van der Waals surface area contributed by atoms with Crippen LogP contribution in [-0.4, -0.2) is 49.7 Å². The van der Waals surface area contributed by atoms with Gasteiger partial charge in [-0.15, -0.1) is 0 Å². The number of carbonyl (C=O) groups is 2. The summed E-state index contributed by atoms with van der Waals surface area (Å²) in [5.74, 6) is 5.91. The summed E-state index contributed by atoms with van der Waals surface area (Å²) < 4.78 is 12.7. The van der Waals surface area contributed by atoms with Gasteiger partial charge in [0.1, 0.15) is 12.2 Å². The minimum Gasteiger partial charge on any atom is -0.462 e. The van der Waals surface area contributed by atoms with Crippen molar-refractivity contribution in [2.45, 2.75) is 244 Å². The predicted molar refractivity (Wildman–Crippen MR) is 231 cm³/mol. The normalized spacial score (nSPS) is 26.2. The molecule has 0 radical (unpaired) electrons. The molecule has 55 heavy (non-hydrogen) atoms. The molecule has 0 aromatic rings. The van der Waals surface area contributed by atoms with Gasteiger partial charge in [0.05, 0.1) is 0 Å². The number of esters is 2. The van der Waals surface area contributed by atoms with Crippen molar-refractivity contribution in [3.8, 4) is 0 Å². The molecule has 0 spiro atoms. The smallest absolute Gasteiger partial charge is 0.306 e. The van der Waals surface area contributed by atoms with Crippen molar-refractivity contribution in [1.82, 2.24) is 4.90 Å². The Morgan fingerprint density at radius 2 is 0.909 bits per heavy atom. The number of nitrogens with zero attached hydrogens (tertiary/aromatic N) is 1. The van der Waals surface area contributed by atoms with Crippen LogP contribution in [0.5, 0.6) is 0 Å². The van der Waals surface area contributed by atoms with Crippen LogP contribution in [0.4, 0.5) is 0 Å². The Bertz CT molecular complexity index is 936. The molecule has 0 N–H and O–H groups in total. The van der Waals surface area contributed by atoms with E-state index in [0.29, 0.717) is 18.8 Å². The molecule has 5 nitrogen and oxygen atoms in total. The maximum atomic E-state index is 13.6. The summed E-state index contributed by atoms with van der Waals surface area (Å²) in [6.45, 7) is 5.56.